The number of phenols is 1. The van der Waals surface area contributed by atoms with Crippen LogP contribution in [0.1, 0.15) is 22.3 Å². The third-order valence-corrected chi connectivity index (χ3v) is 6.96. The summed E-state index contributed by atoms with van der Waals surface area (Å²) in [6.07, 6.45) is 0. The summed E-state index contributed by atoms with van der Waals surface area (Å²) < 4.78 is 5.49. The maximum atomic E-state index is 10.1. The SMILES string of the molecule is COc1cccc(-c2ccc3c(c2)C(c2ccccc2)(c2ccc(O)cc2)c2ccccc2-3)c1. The van der Waals surface area contributed by atoms with Gasteiger partial charge in [-0.2, -0.15) is 0 Å². The first kappa shape index (κ1) is 20.3. The predicted molar refractivity (Wildman–Crippen MR) is 137 cm³/mol. The number of methoxy groups -OCH3 is 1. The molecule has 0 heterocycles. The summed E-state index contributed by atoms with van der Waals surface area (Å²) in [5.41, 5.74) is 9.08. The van der Waals surface area contributed by atoms with Crippen molar-refractivity contribution in [1.29, 1.82) is 0 Å². The van der Waals surface area contributed by atoms with Gasteiger partial charge in [0.1, 0.15) is 11.5 Å². The topological polar surface area (TPSA) is 29.5 Å². The number of hydrogen-bond acceptors (Lipinski definition) is 2. The van der Waals surface area contributed by atoms with E-state index in [-0.39, 0.29) is 5.75 Å². The van der Waals surface area contributed by atoms with Crippen molar-refractivity contribution >= 4 is 0 Å². The molecular formula is C32H24O2. The minimum Gasteiger partial charge on any atom is -0.508 e. The molecule has 2 heteroatoms. The van der Waals surface area contributed by atoms with Crippen LogP contribution in [0.15, 0.2) is 121 Å². The van der Waals surface area contributed by atoms with Gasteiger partial charge < -0.3 is 9.84 Å². The highest BCUT2D eigenvalue weighted by Crippen LogP contribution is 2.56. The molecule has 0 amide bonds. The summed E-state index contributed by atoms with van der Waals surface area (Å²) in [4.78, 5) is 0. The Morgan fingerprint density at radius 2 is 1.24 bits per heavy atom. The fourth-order valence-corrected chi connectivity index (χ4v) is 5.45. The molecule has 0 aromatic heterocycles. The Labute approximate surface area is 199 Å². The van der Waals surface area contributed by atoms with Crippen LogP contribution >= 0.6 is 0 Å². The molecule has 0 saturated carbocycles. The van der Waals surface area contributed by atoms with Gasteiger partial charge in [-0.15, -0.1) is 0 Å². The van der Waals surface area contributed by atoms with Crippen molar-refractivity contribution in [2.24, 2.45) is 0 Å². The Balaban J connectivity index is 1.70. The lowest BCUT2D eigenvalue weighted by Crippen LogP contribution is -2.28. The number of phenolic OH excluding ortho intramolecular Hbond substituents is 1. The van der Waals surface area contributed by atoms with Crippen LogP contribution in [0.4, 0.5) is 0 Å². The summed E-state index contributed by atoms with van der Waals surface area (Å²) in [5, 5.41) is 10.1. The van der Waals surface area contributed by atoms with Gasteiger partial charge in [0.25, 0.3) is 0 Å². The Morgan fingerprint density at radius 3 is 2.03 bits per heavy atom. The number of fused-ring (bicyclic) bond motifs is 3. The molecule has 34 heavy (non-hydrogen) atoms. The number of benzene rings is 5. The van der Waals surface area contributed by atoms with Crippen molar-refractivity contribution in [1.82, 2.24) is 0 Å². The Morgan fingerprint density at radius 1 is 0.559 bits per heavy atom. The Bertz CT molecular complexity index is 1490. The van der Waals surface area contributed by atoms with Gasteiger partial charge in [0.15, 0.2) is 0 Å². The summed E-state index contributed by atoms with van der Waals surface area (Å²) in [7, 11) is 1.70. The minimum absolute atomic E-state index is 0.267. The summed E-state index contributed by atoms with van der Waals surface area (Å²) in [5.74, 6) is 1.11. The van der Waals surface area contributed by atoms with E-state index in [4.69, 9.17) is 4.74 Å². The van der Waals surface area contributed by atoms with Gasteiger partial charge >= 0.3 is 0 Å². The van der Waals surface area contributed by atoms with E-state index in [2.05, 4.69) is 84.9 Å². The molecule has 0 fully saturated rings. The van der Waals surface area contributed by atoms with Crippen molar-refractivity contribution in [2.75, 3.05) is 7.11 Å². The highest BCUT2D eigenvalue weighted by molar-refractivity contribution is 5.88. The van der Waals surface area contributed by atoms with Gasteiger partial charge in [-0.3, -0.25) is 0 Å². The van der Waals surface area contributed by atoms with Crippen molar-refractivity contribution < 1.29 is 9.84 Å². The first-order chi connectivity index (χ1) is 16.7. The average Bonchev–Trinajstić information content (AvgIpc) is 3.20. The van der Waals surface area contributed by atoms with Crippen molar-refractivity contribution in [3.8, 4) is 33.8 Å². The highest BCUT2D eigenvalue weighted by Gasteiger charge is 2.46. The average molecular weight is 441 g/mol. The van der Waals surface area contributed by atoms with Gasteiger partial charge in [-0.25, -0.2) is 0 Å². The van der Waals surface area contributed by atoms with Crippen molar-refractivity contribution in [2.45, 2.75) is 5.41 Å². The van der Waals surface area contributed by atoms with Crippen LogP contribution in [0, 0.1) is 0 Å². The standard InChI is InChI=1S/C32H24O2/c1-34-27-11-7-8-22(20-27)23-14-19-29-28-12-5-6-13-30(28)32(31(29)21-23,24-9-3-2-4-10-24)25-15-17-26(33)18-16-25/h2-21,33H,1H3. The van der Waals surface area contributed by atoms with E-state index >= 15 is 0 Å². The van der Waals surface area contributed by atoms with E-state index in [1.807, 2.05) is 24.3 Å². The van der Waals surface area contributed by atoms with Crippen LogP contribution in [0.25, 0.3) is 22.3 Å². The fourth-order valence-electron chi connectivity index (χ4n) is 5.45. The zero-order chi connectivity index (χ0) is 23.1. The molecule has 1 atom stereocenters. The van der Waals surface area contributed by atoms with E-state index in [0.29, 0.717) is 0 Å². The molecule has 0 spiro atoms. The van der Waals surface area contributed by atoms with Gasteiger partial charge in [0.05, 0.1) is 12.5 Å². The maximum absolute atomic E-state index is 10.1. The van der Waals surface area contributed by atoms with E-state index in [9.17, 15) is 5.11 Å². The largest absolute Gasteiger partial charge is 0.508 e. The molecule has 2 nitrogen and oxygen atoms in total. The third-order valence-electron chi connectivity index (χ3n) is 6.96. The van der Waals surface area contributed by atoms with Crippen LogP contribution in [0.3, 0.4) is 0 Å². The summed E-state index contributed by atoms with van der Waals surface area (Å²) in [6.45, 7) is 0. The van der Waals surface area contributed by atoms with Crippen LogP contribution in [0.2, 0.25) is 0 Å². The second kappa shape index (κ2) is 7.93. The van der Waals surface area contributed by atoms with Gasteiger partial charge in [-0.05, 0) is 74.8 Å². The second-order valence-electron chi connectivity index (χ2n) is 8.70. The molecule has 164 valence electrons. The van der Waals surface area contributed by atoms with Crippen LogP contribution < -0.4 is 4.74 Å². The molecule has 1 aliphatic rings. The van der Waals surface area contributed by atoms with Crippen molar-refractivity contribution in [3.63, 3.8) is 0 Å². The Kier molecular flexibility index (Phi) is 4.74. The maximum Gasteiger partial charge on any atom is 0.119 e. The number of ether oxygens (including phenoxy) is 1. The summed E-state index contributed by atoms with van der Waals surface area (Å²) in [6, 6.07) is 42.0. The molecule has 0 bridgehead atoms. The first-order valence-corrected chi connectivity index (χ1v) is 11.5. The predicted octanol–water partition coefficient (Wildman–Crippen LogP) is 7.43. The lowest BCUT2D eigenvalue weighted by atomic mass is 9.67. The molecule has 0 aliphatic heterocycles. The quantitative estimate of drug-likeness (QED) is 0.309. The molecule has 1 unspecified atom stereocenters. The number of rotatable bonds is 4. The molecule has 5 aromatic rings. The van der Waals surface area contributed by atoms with Crippen LogP contribution in [-0.4, -0.2) is 12.2 Å². The molecule has 5 aromatic carbocycles. The molecule has 0 saturated heterocycles. The summed E-state index contributed by atoms with van der Waals surface area (Å²) >= 11 is 0. The fraction of sp³-hybridized carbons (Fsp3) is 0.0625. The van der Waals surface area contributed by atoms with Gasteiger partial charge in [-0.1, -0.05) is 91.0 Å². The first-order valence-electron chi connectivity index (χ1n) is 11.5. The monoisotopic (exact) mass is 440 g/mol. The smallest absolute Gasteiger partial charge is 0.119 e. The molecule has 1 N–H and O–H groups in total. The third kappa shape index (κ3) is 2.96. The molecule has 6 rings (SSSR count). The van der Waals surface area contributed by atoms with Crippen LogP contribution in [-0.2, 0) is 5.41 Å². The normalized spacial score (nSPS) is 16.0. The van der Waals surface area contributed by atoms with Crippen molar-refractivity contribution in [3.05, 3.63) is 144 Å². The lowest BCUT2D eigenvalue weighted by molar-refractivity contribution is 0.415. The number of aromatic hydroxyl groups is 1. The molecule has 0 radical (unpaired) electrons. The van der Waals surface area contributed by atoms with E-state index in [1.165, 1.54) is 27.8 Å². The zero-order valence-corrected chi connectivity index (χ0v) is 18.9. The van der Waals surface area contributed by atoms with E-state index in [1.54, 1.807) is 19.2 Å². The van der Waals surface area contributed by atoms with Gasteiger partial charge in [0, 0.05) is 0 Å². The highest BCUT2D eigenvalue weighted by atomic mass is 16.5. The van der Waals surface area contributed by atoms with Crippen LogP contribution in [0.5, 0.6) is 11.5 Å². The molecular weight excluding hydrogens is 416 g/mol. The number of hydrogen-bond donors (Lipinski definition) is 1. The van der Waals surface area contributed by atoms with Gasteiger partial charge in [0.2, 0.25) is 0 Å². The minimum atomic E-state index is -0.490. The Hall–Kier alpha value is -4.30. The zero-order valence-electron chi connectivity index (χ0n) is 18.9. The molecule has 1 aliphatic carbocycles. The second-order valence-corrected chi connectivity index (χ2v) is 8.70. The van der Waals surface area contributed by atoms with E-state index < -0.39 is 5.41 Å². The van der Waals surface area contributed by atoms with E-state index in [0.717, 1.165) is 22.4 Å². The lowest BCUT2D eigenvalue weighted by Gasteiger charge is -2.34.